The van der Waals surface area contributed by atoms with Crippen LogP contribution in [0.1, 0.15) is 6.92 Å². The zero-order valence-electron chi connectivity index (χ0n) is 7.78. The molecule has 0 spiro atoms. The van der Waals surface area contributed by atoms with E-state index in [2.05, 4.69) is 19.5 Å². The molecule has 0 saturated heterocycles. The Bertz CT molecular complexity index is 181. The summed E-state index contributed by atoms with van der Waals surface area (Å²) in [4.78, 5) is 15.0. The quantitative estimate of drug-likeness (QED) is 0.219. The van der Waals surface area contributed by atoms with Gasteiger partial charge >= 0.3 is 6.16 Å². The van der Waals surface area contributed by atoms with Crippen LogP contribution in [0.2, 0.25) is 0 Å². The van der Waals surface area contributed by atoms with Crippen molar-refractivity contribution in [3.8, 4) is 0 Å². The molecule has 0 aliphatic rings. The van der Waals surface area contributed by atoms with E-state index in [0.717, 1.165) is 0 Å². The van der Waals surface area contributed by atoms with Crippen LogP contribution in [0.5, 0.6) is 0 Å². The summed E-state index contributed by atoms with van der Waals surface area (Å²) in [5.41, 5.74) is 5.71. The van der Waals surface area contributed by atoms with E-state index in [1.54, 1.807) is 6.92 Å². The summed E-state index contributed by atoms with van der Waals surface area (Å²) in [6, 6.07) is 0. The van der Waals surface area contributed by atoms with Crippen molar-refractivity contribution in [1.29, 1.82) is 0 Å². The van der Waals surface area contributed by atoms with Gasteiger partial charge in [-0.1, -0.05) is 5.16 Å². The van der Waals surface area contributed by atoms with Gasteiger partial charge in [-0.2, -0.15) is 0 Å². The van der Waals surface area contributed by atoms with E-state index in [4.69, 9.17) is 5.73 Å². The van der Waals surface area contributed by atoms with E-state index >= 15 is 0 Å². The van der Waals surface area contributed by atoms with E-state index in [0.29, 0.717) is 12.3 Å². The van der Waals surface area contributed by atoms with Gasteiger partial charge in [0.15, 0.2) is 0 Å². The fourth-order valence-electron chi connectivity index (χ4n) is 0.387. The normalized spacial score (nSPS) is 11.2. The Balaban J connectivity index is 3.51. The Hall–Kier alpha value is -1.14. The van der Waals surface area contributed by atoms with Crippen LogP contribution in [0.25, 0.3) is 0 Å². The lowest BCUT2D eigenvalue weighted by Crippen LogP contribution is -2.13. The predicted molar refractivity (Wildman–Crippen MR) is 46.5 cm³/mol. The summed E-state index contributed by atoms with van der Waals surface area (Å²) in [7, 11) is 1.51. The Morgan fingerprint density at radius 3 is 2.69 bits per heavy atom. The van der Waals surface area contributed by atoms with Gasteiger partial charge in [0.1, 0.15) is 6.61 Å². The zero-order chi connectivity index (χ0) is 10.1. The largest absolute Gasteiger partial charge is 0.535 e. The van der Waals surface area contributed by atoms with E-state index in [9.17, 15) is 4.79 Å². The summed E-state index contributed by atoms with van der Waals surface area (Å²) >= 11 is 0. The second-order valence-electron chi connectivity index (χ2n) is 2.21. The number of oxime groups is 1. The lowest BCUT2D eigenvalue weighted by atomic mass is 10.4. The van der Waals surface area contributed by atoms with Crippen LogP contribution < -0.4 is 5.73 Å². The first-order valence-electron chi connectivity index (χ1n) is 3.77. The number of hydrogen-bond acceptors (Lipinski definition) is 6. The fraction of sp³-hybridized carbons (Fsp3) is 0.714. The maximum atomic E-state index is 10.7. The first-order chi connectivity index (χ1) is 6.20. The Morgan fingerprint density at radius 2 is 2.15 bits per heavy atom. The molecule has 0 rings (SSSR count). The summed E-state index contributed by atoms with van der Waals surface area (Å²) in [5.74, 6) is 0. The van der Waals surface area contributed by atoms with Crippen molar-refractivity contribution in [2.45, 2.75) is 6.92 Å². The third kappa shape index (κ3) is 7.23. The lowest BCUT2D eigenvalue weighted by molar-refractivity contribution is 0.0380. The summed E-state index contributed by atoms with van der Waals surface area (Å²) in [5, 5.41) is 3.40. The van der Waals surface area contributed by atoms with Crippen molar-refractivity contribution in [1.82, 2.24) is 0 Å². The molecule has 13 heavy (non-hydrogen) atoms. The van der Waals surface area contributed by atoms with Crippen LogP contribution >= 0.6 is 0 Å². The molecule has 6 heteroatoms. The molecule has 0 aliphatic heterocycles. The summed E-state index contributed by atoms with van der Waals surface area (Å²) in [6.07, 6.45) is -0.857. The molecular weight excluding hydrogens is 176 g/mol. The molecule has 0 heterocycles. The van der Waals surface area contributed by atoms with Gasteiger partial charge in [0.2, 0.25) is 0 Å². The number of ether oxygens (including phenoxy) is 2. The van der Waals surface area contributed by atoms with Gasteiger partial charge in [-0.05, 0) is 6.92 Å². The zero-order valence-corrected chi connectivity index (χ0v) is 7.78. The van der Waals surface area contributed by atoms with Crippen molar-refractivity contribution >= 4 is 11.9 Å². The minimum Gasteiger partial charge on any atom is -0.430 e. The van der Waals surface area contributed by atoms with Gasteiger partial charge in [-0.15, -0.1) is 0 Å². The molecule has 0 saturated carbocycles. The Kier molecular flexibility index (Phi) is 6.85. The molecule has 0 amide bonds. The Labute approximate surface area is 76.6 Å². The van der Waals surface area contributed by atoms with Gasteiger partial charge in [0.05, 0.1) is 12.3 Å². The molecule has 0 aliphatic carbocycles. The van der Waals surface area contributed by atoms with Crippen LogP contribution in [0.3, 0.4) is 0 Å². The lowest BCUT2D eigenvalue weighted by Gasteiger charge is -2.00. The van der Waals surface area contributed by atoms with Gasteiger partial charge in [-0.3, -0.25) is 4.84 Å². The number of carbonyl (C=O) groups is 1. The highest BCUT2D eigenvalue weighted by molar-refractivity contribution is 5.83. The highest BCUT2D eigenvalue weighted by Gasteiger charge is 2.02. The van der Waals surface area contributed by atoms with E-state index in [1.165, 1.54) is 7.11 Å². The van der Waals surface area contributed by atoms with Crippen molar-refractivity contribution < 1.29 is 19.1 Å². The number of carbonyl (C=O) groups excluding carboxylic acids is 1. The van der Waals surface area contributed by atoms with E-state index in [1.807, 2.05) is 0 Å². The highest BCUT2D eigenvalue weighted by Crippen LogP contribution is 1.87. The van der Waals surface area contributed by atoms with Crippen LogP contribution in [-0.2, 0) is 14.3 Å². The average Bonchev–Trinajstić information content (AvgIpc) is 2.14. The topological polar surface area (TPSA) is 83.1 Å². The third-order valence-electron chi connectivity index (χ3n) is 1.08. The number of methoxy groups -OCH3 is 1. The predicted octanol–water partition coefficient (Wildman–Crippen LogP) is 0.121. The van der Waals surface area contributed by atoms with Crippen LogP contribution in [0.4, 0.5) is 4.79 Å². The van der Waals surface area contributed by atoms with Gasteiger partial charge in [0.25, 0.3) is 0 Å². The van der Waals surface area contributed by atoms with Crippen molar-refractivity contribution in [3.63, 3.8) is 0 Å². The first-order valence-corrected chi connectivity index (χ1v) is 3.77. The number of nitrogens with two attached hydrogens (primary N) is 1. The maximum absolute atomic E-state index is 10.7. The fourth-order valence-corrected chi connectivity index (χ4v) is 0.387. The highest BCUT2D eigenvalue weighted by atomic mass is 16.8. The van der Waals surface area contributed by atoms with Gasteiger partial charge < -0.3 is 15.2 Å². The van der Waals surface area contributed by atoms with Gasteiger partial charge in [-0.25, -0.2) is 4.79 Å². The molecule has 0 aromatic carbocycles. The second-order valence-corrected chi connectivity index (χ2v) is 2.21. The minimum atomic E-state index is -0.857. The SMILES string of the molecule is COCCOC(=O)ON=C(C)CN. The second kappa shape index (κ2) is 7.51. The van der Waals surface area contributed by atoms with Crippen molar-refractivity contribution in [2.75, 3.05) is 26.9 Å². The minimum absolute atomic E-state index is 0.145. The molecule has 0 fully saturated rings. The van der Waals surface area contributed by atoms with Crippen LogP contribution in [0.15, 0.2) is 5.16 Å². The van der Waals surface area contributed by atoms with E-state index < -0.39 is 6.16 Å². The van der Waals surface area contributed by atoms with E-state index in [-0.39, 0.29) is 13.2 Å². The molecule has 76 valence electrons. The number of hydrogen-bond donors (Lipinski definition) is 1. The molecule has 0 atom stereocenters. The average molecular weight is 190 g/mol. The standard InChI is InChI=1S/C7H14N2O4/c1-6(5-8)9-13-7(10)12-4-3-11-2/h3-5,8H2,1-2H3. The van der Waals surface area contributed by atoms with Crippen LogP contribution in [0, 0.1) is 0 Å². The van der Waals surface area contributed by atoms with Crippen molar-refractivity contribution in [3.05, 3.63) is 0 Å². The summed E-state index contributed by atoms with van der Waals surface area (Å²) in [6.45, 7) is 2.36. The molecule has 0 bridgehead atoms. The molecular formula is C7H14N2O4. The van der Waals surface area contributed by atoms with Crippen molar-refractivity contribution in [2.24, 2.45) is 10.9 Å². The summed E-state index contributed by atoms with van der Waals surface area (Å²) < 4.78 is 9.19. The molecule has 2 N–H and O–H groups in total. The number of nitrogens with zero attached hydrogens (tertiary/aromatic N) is 1. The van der Waals surface area contributed by atoms with Crippen LogP contribution in [-0.4, -0.2) is 38.7 Å². The third-order valence-corrected chi connectivity index (χ3v) is 1.08. The molecule has 6 nitrogen and oxygen atoms in total. The Morgan fingerprint density at radius 1 is 1.46 bits per heavy atom. The molecule has 0 aromatic heterocycles. The molecule has 0 aromatic rings. The first kappa shape index (κ1) is 11.9. The molecule has 0 unspecified atom stereocenters. The smallest absolute Gasteiger partial charge is 0.430 e. The monoisotopic (exact) mass is 190 g/mol. The number of rotatable bonds is 5. The van der Waals surface area contributed by atoms with Gasteiger partial charge in [0, 0.05) is 13.7 Å². The maximum Gasteiger partial charge on any atom is 0.535 e. The molecule has 0 radical (unpaired) electrons.